The van der Waals surface area contributed by atoms with E-state index >= 15 is 0 Å². The predicted octanol–water partition coefficient (Wildman–Crippen LogP) is 0.249. The van der Waals surface area contributed by atoms with E-state index in [4.69, 9.17) is 9.47 Å². The Balaban J connectivity index is 5.72. The average molecular weight is 274 g/mol. The molecule has 0 saturated carbocycles. The molecule has 0 saturated heterocycles. The lowest BCUT2D eigenvalue weighted by Gasteiger charge is -2.36. The Morgan fingerprint density at radius 3 is 1.68 bits per heavy atom. The maximum absolute atomic E-state index is 12.0. The van der Waals surface area contributed by atoms with Crippen molar-refractivity contribution in [3.63, 3.8) is 0 Å². The highest BCUT2D eigenvalue weighted by atomic mass is 16.6. The first-order valence-electron chi connectivity index (χ1n) is 5.76. The van der Waals surface area contributed by atoms with Crippen LogP contribution in [0.3, 0.4) is 0 Å². The van der Waals surface area contributed by atoms with Gasteiger partial charge in [0.15, 0.2) is 11.9 Å². The Hall–Kier alpha value is -1.92. The van der Waals surface area contributed by atoms with Crippen LogP contribution >= 0.6 is 0 Å². The van der Waals surface area contributed by atoms with Crippen LogP contribution in [0.5, 0.6) is 0 Å². The molecular formula is C12H18O7. The van der Waals surface area contributed by atoms with Gasteiger partial charge in [0.25, 0.3) is 6.47 Å². The molecule has 0 aromatic rings. The molecule has 7 nitrogen and oxygen atoms in total. The molecule has 0 aromatic heterocycles. The van der Waals surface area contributed by atoms with Gasteiger partial charge in [-0.05, 0) is 27.7 Å². The van der Waals surface area contributed by atoms with Gasteiger partial charge in [-0.25, -0.2) is 0 Å². The molecule has 0 bridgehead atoms. The third kappa shape index (κ3) is 3.10. The smallest absolute Gasteiger partial charge is 0.327 e. The number of ether oxygens (including phenoxy) is 3. The molecule has 1 atom stereocenters. The maximum atomic E-state index is 12.0. The number of hydrogen-bond acceptors (Lipinski definition) is 7. The van der Waals surface area contributed by atoms with E-state index in [-0.39, 0.29) is 26.0 Å². The first-order valence-corrected chi connectivity index (χ1v) is 5.76. The summed E-state index contributed by atoms with van der Waals surface area (Å²) in [5, 5.41) is 0. The fraction of sp³-hybridized carbons (Fsp3) is 0.667. The fourth-order valence-corrected chi connectivity index (χ4v) is 1.40. The molecule has 0 rings (SSSR count). The van der Waals surface area contributed by atoms with Gasteiger partial charge in [0.2, 0.25) is 5.41 Å². The highest BCUT2D eigenvalue weighted by Crippen LogP contribution is 2.35. The van der Waals surface area contributed by atoms with E-state index < -0.39 is 23.0 Å². The summed E-state index contributed by atoms with van der Waals surface area (Å²) in [4.78, 5) is 45.7. The lowest BCUT2D eigenvalue weighted by molar-refractivity contribution is -0.193. The molecule has 0 aliphatic heterocycles. The Labute approximate surface area is 111 Å². The van der Waals surface area contributed by atoms with Crippen molar-refractivity contribution in [1.82, 2.24) is 0 Å². The molecule has 0 aliphatic carbocycles. The second-order valence-electron chi connectivity index (χ2n) is 4.00. The summed E-state index contributed by atoms with van der Waals surface area (Å²) >= 11 is 0. The quantitative estimate of drug-likeness (QED) is 0.271. The molecular weight excluding hydrogens is 256 g/mol. The van der Waals surface area contributed by atoms with Gasteiger partial charge in [-0.3, -0.25) is 19.2 Å². The standard InChI is InChI=1S/C12H18O7/c1-5-17-9(15)12(4,10(16)18-6-2)11(3,7-13)19-8-14/h7-8H,5-6H2,1-4H3. The van der Waals surface area contributed by atoms with Gasteiger partial charge in [0, 0.05) is 0 Å². The highest BCUT2D eigenvalue weighted by Gasteiger charge is 2.60. The van der Waals surface area contributed by atoms with Gasteiger partial charge >= 0.3 is 11.9 Å². The third-order valence-corrected chi connectivity index (χ3v) is 2.88. The van der Waals surface area contributed by atoms with E-state index in [2.05, 4.69) is 4.74 Å². The van der Waals surface area contributed by atoms with Gasteiger partial charge in [-0.2, -0.15) is 0 Å². The van der Waals surface area contributed by atoms with Gasteiger partial charge in [-0.1, -0.05) is 0 Å². The van der Waals surface area contributed by atoms with Crippen LogP contribution in [0.25, 0.3) is 0 Å². The van der Waals surface area contributed by atoms with Crippen LogP contribution in [0.1, 0.15) is 27.7 Å². The zero-order valence-corrected chi connectivity index (χ0v) is 11.4. The second kappa shape index (κ2) is 6.86. The van der Waals surface area contributed by atoms with Crippen molar-refractivity contribution in [3.05, 3.63) is 0 Å². The molecule has 0 amide bonds. The molecule has 1 unspecified atom stereocenters. The summed E-state index contributed by atoms with van der Waals surface area (Å²) in [5.41, 5.74) is -4.07. The van der Waals surface area contributed by atoms with Crippen molar-refractivity contribution in [2.45, 2.75) is 33.3 Å². The van der Waals surface area contributed by atoms with Crippen molar-refractivity contribution in [2.24, 2.45) is 5.41 Å². The molecule has 0 aromatic carbocycles. The molecule has 108 valence electrons. The number of rotatable bonds is 8. The van der Waals surface area contributed by atoms with E-state index in [9.17, 15) is 19.2 Å². The first kappa shape index (κ1) is 17.1. The summed E-state index contributed by atoms with van der Waals surface area (Å²) in [6, 6.07) is 0. The summed E-state index contributed by atoms with van der Waals surface area (Å²) in [6.45, 7) is 5.37. The number of aldehydes is 1. The highest BCUT2D eigenvalue weighted by molar-refractivity contribution is 6.04. The van der Waals surface area contributed by atoms with Crippen molar-refractivity contribution < 1.29 is 33.4 Å². The number of carbonyl (C=O) groups excluding carboxylic acids is 4. The third-order valence-electron chi connectivity index (χ3n) is 2.88. The Kier molecular flexibility index (Phi) is 6.17. The van der Waals surface area contributed by atoms with Gasteiger partial charge in [0.1, 0.15) is 0 Å². The van der Waals surface area contributed by atoms with Crippen LogP contribution in [0.2, 0.25) is 0 Å². The van der Waals surface area contributed by atoms with Crippen molar-refractivity contribution in [2.75, 3.05) is 13.2 Å². The van der Waals surface area contributed by atoms with Gasteiger partial charge in [-0.15, -0.1) is 0 Å². The molecule has 0 radical (unpaired) electrons. The summed E-state index contributed by atoms with van der Waals surface area (Å²) < 4.78 is 14.2. The SMILES string of the molecule is CCOC(=O)C(C)(C(=O)OCC)C(C)(C=O)OC=O. The molecule has 0 fully saturated rings. The zero-order valence-electron chi connectivity index (χ0n) is 11.4. The van der Waals surface area contributed by atoms with E-state index in [0.29, 0.717) is 0 Å². The first-order chi connectivity index (χ1) is 8.83. The van der Waals surface area contributed by atoms with Crippen LogP contribution in [0.15, 0.2) is 0 Å². The van der Waals surface area contributed by atoms with Crippen molar-refractivity contribution >= 4 is 24.7 Å². The molecule has 0 aliphatic rings. The topological polar surface area (TPSA) is 96.0 Å². The maximum Gasteiger partial charge on any atom is 0.327 e. The molecule has 0 N–H and O–H groups in total. The zero-order chi connectivity index (χ0) is 15.1. The fourth-order valence-electron chi connectivity index (χ4n) is 1.40. The molecule has 0 heterocycles. The number of carbonyl (C=O) groups is 4. The lowest BCUT2D eigenvalue weighted by Crippen LogP contribution is -2.58. The Bertz CT molecular complexity index is 345. The number of esters is 2. The number of hydrogen-bond donors (Lipinski definition) is 0. The van der Waals surface area contributed by atoms with Gasteiger partial charge in [0.05, 0.1) is 13.2 Å². The Morgan fingerprint density at radius 2 is 1.42 bits per heavy atom. The average Bonchev–Trinajstić information content (AvgIpc) is 2.38. The van der Waals surface area contributed by atoms with Crippen molar-refractivity contribution in [1.29, 1.82) is 0 Å². The molecule has 7 heteroatoms. The van der Waals surface area contributed by atoms with Crippen LogP contribution < -0.4 is 0 Å². The normalized spacial score (nSPS) is 13.9. The van der Waals surface area contributed by atoms with E-state index in [1.165, 1.54) is 0 Å². The van der Waals surface area contributed by atoms with Crippen LogP contribution in [0.4, 0.5) is 0 Å². The summed E-state index contributed by atoms with van der Waals surface area (Å²) in [7, 11) is 0. The lowest BCUT2D eigenvalue weighted by atomic mass is 9.74. The summed E-state index contributed by atoms with van der Waals surface area (Å²) in [6.07, 6.45) is 0.204. The van der Waals surface area contributed by atoms with Crippen LogP contribution in [-0.2, 0) is 33.4 Å². The van der Waals surface area contributed by atoms with E-state index in [1.807, 2.05) is 0 Å². The van der Waals surface area contributed by atoms with Crippen LogP contribution in [-0.4, -0.2) is 43.5 Å². The predicted molar refractivity (Wildman–Crippen MR) is 63.0 cm³/mol. The molecule has 0 spiro atoms. The largest absolute Gasteiger partial charge is 0.465 e. The second-order valence-corrected chi connectivity index (χ2v) is 4.00. The monoisotopic (exact) mass is 274 g/mol. The minimum Gasteiger partial charge on any atom is -0.465 e. The minimum absolute atomic E-state index is 0.00382. The van der Waals surface area contributed by atoms with Gasteiger partial charge < -0.3 is 14.2 Å². The summed E-state index contributed by atoms with van der Waals surface area (Å²) in [5.74, 6) is -1.99. The van der Waals surface area contributed by atoms with E-state index in [0.717, 1.165) is 13.8 Å². The minimum atomic E-state index is -2.07. The molecule has 19 heavy (non-hydrogen) atoms. The Morgan fingerprint density at radius 1 is 1.00 bits per heavy atom. The van der Waals surface area contributed by atoms with E-state index in [1.54, 1.807) is 13.8 Å². The van der Waals surface area contributed by atoms with Crippen molar-refractivity contribution in [3.8, 4) is 0 Å². The van der Waals surface area contributed by atoms with Crippen LogP contribution in [0, 0.1) is 5.41 Å².